The Morgan fingerprint density at radius 1 is 1.30 bits per heavy atom. The van der Waals surface area contributed by atoms with E-state index in [1.54, 1.807) is 17.9 Å². The molecule has 0 saturated carbocycles. The minimum Gasteiger partial charge on any atom is -0.495 e. The second-order valence-corrected chi connectivity index (χ2v) is 5.21. The Morgan fingerprint density at radius 2 is 2.15 bits per heavy atom. The highest BCUT2D eigenvalue weighted by molar-refractivity contribution is 9.10. The van der Waals surface area contributed by atoms with Crippen LogP contribution in [0.15, 0.2) is 40.9 Å². The van der Waals surface area contributed by atoms with Crippen LogP contribution in [0.2, 0.25) is 0 Å². The van der Waals surface area contributed by atoms with E-state index in [1.807, 2.05) is 18.2 Å². The van der Waals surface area contributed by atoms with Crippen LogP contribution in [-0.4, -0.2) is 22.1 Å². The molecule has 0 unspecified atom stereocenters. The van der Waals surface area contributed by atoms with Crippen molar-refractivity contribution in [3.8, 4) is 5.75 Å². The molecule has 4 nitrogen and oxygen atoms in total. The number of methoxy groups -OCH3 is 1. The zero-order valence-corrected chi connectivity index (χ0v) is 12.3. The predicted octanol–water partition coefficient (Wildman–Crippen LogP) is 3.39. The van der Waals surface area contributed by atoms with Gasteiger partial charge in [0, 0.05) is 6.07 Å². The van der Waals surface area contributed by atoms with Crippen LogP contribution in [0.25, 0.3) is 11.0 Å². The fourth-order valence-electron chi connectivity index (χ4n) is 2.05. The van der Waals surface area contributed by atoms with Crippen LogP contribution < -0.4 is 4.74 Å². The van der Waals surface area contributed by atoms with E-state index in [0.717, 1.165) is 21.1 Å². The van der Waals surface area contributed by atoms with Gasteiger partial charge in [-0.05, 0) is 39.7 Å². The van der Waals surface area contributed by atoms with Crippen molar-refractivity contribution in [2.24, 2.45) is 0 Å². The van der Waals surface area contributed by atoms with Crippen molar-refractivity contribution in [1.29, 1.82) is 0 Å². The number of aromatic nitrogens is 3. The maximum absolute atomic E-state index is 13.2. The van der Waals surface area contributed by atoms with E-state index in [9.17, 15) is 4.39 Å². The molecule has 0 spiro atoms. The first-order valence-corrected chi connectivity index (χ1v) is 6.78. The third-order valence-electron chi connectivity index (χ3n) is 3.01. The predicted molar refractivity (Wildman–Crippen MR) is 77.3 cm³/mol. The first-order valence-electron chi connectivity index (χ1n) is 5.98. The standard InChI is InChI=1S/C14H11BrFN3O/c1-20-14-7-12-13(6-11(14)15)19(18-17-12)8-9-3-2-4-10(16)5-9/h2-7H,8H2,1H3. The normalized spacial score (nSPS) is 10.9. The number of ether oxygens (including phenoxy) is 1. The Balaban J connectivity index is 2.02. The number of fused-ring (bicyclic) bond motifs is 1. The van der Waals surface area contributed by atoms with Crippen LogP contribution in [0, 0.1) is 5.82 Å². The van der Waals surface area contributed by atoms with E-state index < -0.39 is 0 Å². The van der Waals surface area contributed by atoms with Crippen molar-refractivity contribution < 1.29 is 9.13 Å². The van der Waals surface area contributed by atoms with Gasteiger partial charge in [0.1, 0.15) is 17.1 Å². The molecule has 0 fully saturated rings. The maximum atomic E-state index is 13.2. The smallest absolute Gasteiger partial charge is 0.135 e. The molecule has 0 radical (unpaired) electrons. The molecule has 0 bridgehead atoms. The first kappa shape index (κ1) is 13.1. The summed E-state index contributed by atoms with van der Waals surface area (Å²) >= 11 is 3.44. The largest absolute Gasteiger partial charge is 0.495 e. The molecular weight excluding hydrogens is 325 g/mol. The molecule has 0 N–H and O–H groups in total. The fourth-order valence-corrected chi connectivity index (χ4v) is 2.54. The lowest BCUT2D eigenvalue weighted by Crippen LogP contribution is -2.02. The van der Waals surface area contributed by atoms with Gasteiger partial charge < -0.3 is 4.74 Å². The lowest BCUT2D eigenvalue weighted by molar-refractivity contribution is 0.412. The van der Waals surface area contributed by atoms with Gasteiger partial charge >= 0.3 is 0 Å². The van der Waals surface area contributed by atoms with Crippen molar-refractivity contribution in [3.63, 3.8) is 0 Å². The van der Waals surface area contributed by atoms with Crippen LogP contribution in [0.1, 0.15) is 5.56 Å². The third-order valence-corrected chi connectivity index (χ3v) is 3.63. The van der Waals surface area contributed by atoms with Gasteiger partial charge in [0.25, 0.3) is 0 Å². The monoisotopic (exact) mass is 335 g/mol. The van der Waals surface area contributed by atoms with Gasteiger partial charge in [-0.1, -0.05) is 17.3 Å². The van der Waals surface area contributed by atoms with Crippen LogP contribution >= 0.6 is 15.9 Å². The molecule has 1 heterocycles. The number of halogens is 2. The van der Waals surface area contributed by atoms with Crippen molar-refractivity contribution >= 4 is 27.0 Å². The van der Waals surface area contributed by atoms with Gasteiger partial charge in [-0.25, -0.2) is 9.07 Å². The number of hydrogen-bond donors (Lipinski definition) is 0. The van der Waals surface area contributed by atoms with Crippen LogP contribution in [0.5, 0.6) is 5.75 Å². The van der Waals surface area contributed by atoms with Crippen LogP contribution in [0.3, 0.4) is 0 Å². The molecule has 1 aromatic heterocycles. The summed E-state index contributed by atoms with van der Waals surface area (Å²) in [6, 6.07) is 10.2. The molecule has 0 atom stereocenters. The summed E-state index contributed by atoms with van der Waals surface area (Å²) in [6.45, 7) is 0.465. The lowest BCUT2D eigenvalue weighted by Gasteiger charge is -2.05. The molecular formula is C14H11BrFN3O. The van der Waals surface area contributed by atoms with E-state index in [-0.39, 0.29) is 5.82 Å². The van der Waals surface area contributed by atoms with Crippen LogP contribution in [-0.2, 0) is 6.54 Å². The van der Waals surface area contributed by atoms with Gasteiger partial charge in [0.05, 0.1) is 23.6 Å². The highest BCUT2D eigenvalue weighted by Gasteiger charge is 2.10. The summed E-state index contributed by atoms with van der Waals surface area (Å²) in [7, 11) is 1.60. The number of rotatable bonds is 3. The molecule has 2 aromatic carbocycles. The van der Waals surface area contributed by atoms with E-state index >= 15 is 0 Å². The van der Waals surface area contributed by atoms with E-state index in [2.05, 4.69) is 26.2 Å². The van der Waals surface area contributed by atoms with Crippen molar-refractivity contribution in [1.82, 2.24) is 15.0 Å². The van der Waals surface area contributed by atoms with Crippen LogP contribution in [0.4, 0.5) is 4.39 Å². The second kappa shape index (κ2) is 5.20. The molecule has 0 aliphatic rings. The number of nitrogens with zero attached hydrogens (tertiary/aromatic N) is 3. The molecule has 3 rings (SSSR count). The molecule has 102 valence electrons. The summed E-state index contributed by atoms with van der Waals surface area (Å²) in [6.07, 6.45) is 0. The summed E-state index contributed by atoms with van der Waals surface area (Å²) in [4.78, 5) is 0. The minimum atomic E-state index is -0.255. The number of benzene rings is 2. The molecule has 0 saturated heterocycles. The quantitative estimate of drug-likeness (QED) is 0.736. The third kappa shape index (κ3) is 2.38. The van der Waals surface area contributed by atoms with E-state index in [0.29, 0.717) is 12.3 Å². The molecule has 6 heteroatoms. The minimum absolute atomic E-state index is 0.255. The maximum Gasteiger partial charge on any atom is 0.135 e. The Labute approximate surface area is 123 Å². The summed E-state index contributed by atoms with van der Waals surface area (Å²) in [5, 5.41) is 8.21. The highest BCUT2D eigenvalue weighted by Crippen LogP contribution is 2.29. The van der Waals surface area contributed by atoms with Gasteiger partial charge in [-0.15, -0.1) is 5.10 Å². The molecule has 20 heavy (non-hydrogen) atoms. The van der Waals surface area contributed by atoms with Gasteiger partial charge in [-0.2, -0.15) is 0 Å². The molecule has 3 aromatic rings. The zero-order chi connectivity index (χ0) is 14.1. The van der Waals surface area contributed by atoms with Crippen molar-refractivity contribution in [3.05, 3.63) is 52.3 Å². The summed E-state index contributed by atoms with van der Waals surface area (Å²) < 4.78 is 21.0. The average Bonchev–Trinajstić information content (AvgIpc) is 2.80. The first-order chi connectivity index (χ1) is 9.67. The highest BCUT2D eigenvalue weighted by atomic mass is 79.9. The second-order valence-electron chi connectivity index (χ2n) is 4.35. The van der Waals surface area contributed by atoms with Gasteiger partial charge in [-0.3, -0.25) is 0 Å². The zero-order valence-electron chi connectivity index (χ0n) is 10.7. The topological polar surface area (TPSA) is 39.9 Å². The van der Waals surface area contributed by atoms with Gasteiger partial charge in [0.2, 0.25) is 0 Å². The van der Waals surface area contributed by atoms with E-state index in [1.165, 1.54) is 12.1 Å². The number of hydrogen-bond acceptors (Lipinski definition) is 3. The van der Waals surface area contributed by atoms with Crippen molar-refractivity contribution in [2.75, 3.05) is 7.11 Å². The van der Waals surface area contributed by atoms with E-state index in [4.69, 9.17) is 4.74 Å². The Morgan fingerprint density at radius 3 is 2.90 bits per heavy atom. The summed E-state index contributed by atoms with van der Waals surface area (Å²) in [5.41, 5.74) is 2.44. The summed E-state index contributed by atoms with van der Waals surface area (Å²) in [5.74, 6) is 0.449. The Bertz CT molecular complexity index is 772. The lowest BCUT2D eigenvalue weighted by atomic mass is 10.2. The molecule has 0 amide bonds. The Hall–Kier alpha value is -1.95. The average molecular weight is 336 g/mol. The SMILES string of the molecule is COc1cc2nnn(Cc3cccc(F)c3)c2cc1Br. The van der Waals surface area contributed by atoms with Gasteiger partial charge in [0.15, 0.2) is 0 Å². The molecule has 0 aliphatic heterocycles. The Kier molecular flexibility index (Phi) is 3.40. The molecule has 0 aliphatic carbocycles. The van der Waals surface area contributed by atoms with Crippen molar-refractivity contribution in [2.45, 2.75) is 6.54 Å². The fraction of sp³-hybridized carbons (Fsp3) is 0.143.